The van der Waals surface area contributed by atoms with Gasteiger partial charge in [-0.15, -0.1) is 0 Å². The zero-order chi connectivity index (χ0) is 30.3. The SMILES string of the molecule is CC1(C)OC(C)(C)C2C(=O)c3ccc4[nH]c5c(c4c3CC21)CC1CCC2C3CC[C@@H](C(C)(C)OCO)OC3CC[C@]2(C)C51. The number of benzene rings is 1. The zero-order valence-electron chi connectivity index (χ0n) is 27.2. The summed E-state index contributed by atoms with van der Waals surface area (Å²) in [5.41, 5.74) is 5.43. The number of nitrogens with one attached hydrogen (secondary N) is 1. The molecule has 8 rings (SSSR count). The van der Waals surface area contributed by atoms with E-state index in [-0.39, 0.29) is 47.6 Å². The summed E-state index contributed by atoms with van der Waals surface area (Å²) in [7, 11) is 0. The minimum atomic E-state index is -0.473. The highest BCUT2D eigenvalue weighted by atomic mass is 16.6. The van der Waals surface area contributed by atoms with Crippen LogP contribution in [0.15, 0.2) is 12.1 Å². The molecular weight excluding hydrogens is 538 g/mol. The first kappa shape index (κ1) is 28.7. The fourth-order valence-electron chi connectivity index (χ4n) is 12.0. The minimum absolute atomic E-state index is 0.0303. The molecule has 0 spiro atoms. The molecule has 0 amide bonds. The second-order valence-corrected chi connectivity index (χ2v) is 16.9. The number of aliphatic hydroxyl groups excluding tert-OH is 1. The number of H-pyrrole nitrogens is 1. The van der Waals surface area contributed by atoms with Gasteiger partial charge in [0.05, 0.1) is 34.9 Å². The lowest BCUT2D eigenvalue weighted by Crippen LogP contribution is -2.56. The molecule has 4 aliphatic carbocycles. The van der Waals surface area contributed by atoms with Crippen molar-refractivity contribution >= 4 is 16.7 Å². The van der Waals surface area contributed by atoms with Crippen LogP contribution in [0.2, 0.25) is 0 Å². The Morgan fingerprint density at radius 3 is 2.51 bits per heavy atom. The van der Waals surface area contributed by atoms with E-state index in [1.165, 1.54) is 53.4 Å². The molecule has 3 heterocycles. The highest BCUT2D eigenvalue weighted by Gasteiger charge is 2.61. The van der Waals surface area contributed by atoms with Crippen LogP contribution in [0.5, 0.6) is 0 Å². The van der Waals surface area contributed by atoms with Crippen molar-refractivity contribution in [2.75, 3.05) is 6.79 Å². The van der Waals surface area contributed by atoms with Gasteiger partial charge in [0.1, 0.15) is 6.79 Å². The lowest BCUT2D eigenvalue weighted by atomic mass is 9.49. The smallest absolute Gasteiger partial charge is 0.169 e. The molecular formula is C37H51NO5. The number of aliphatic hydroxyl groups is 1. The van der Waals surface area contributed by atoms with Crippen LogP contribution in [0.25, 0.3) is 10.9 Å². The van der Waals surface area contributed by atoms with Gasteiger partial charge in [-0.2, -0.15) is 0 Å². The van der Waals surface area contributed by atoms with Gasteiger partial charge in [-0.05, 0) is 139 Å². The Bertz CT molecular complexity index is 1490. The number of carbonyl (C=O) groups is 1. The van der Waals surface area contributed by atoms with Crippen LogP contribution in [0.3, 0.4) is 0 Å². The standard InChI is InChI=1S/C37H51NO5/c1-34(2)25-17-22-20(33(40)31(25)36(5,6)43-34)9-12-26-29(22)23-16-19-8-11-24-21-10-13-28(35(3,4)41-18-39)42-27(21)14-15-37(24,7)30(19)32(23)38-26/h9,12,19,21,24-25,27-28,30-31,38-39H,8,10-11,13-18H2,1-7H3/t19?,21?,24?,25?,27?,28-,30?,31?,37-/m0/s1. The zero-order valence-corrected chi connectivity index (χ0v) is 27.2. The van der Waals surface area contributed by atoms with Crippen LogP contribution in [0, 0.1) is 35.0 Å². The van der Waals surface area contributed by atoms with Crippen molar-refractivity contribution in [1.82, 2.24) is 4.98 Å². The normalized spacial score (nSPS) is 40.8. The van der Waals surface area contributed by atoms with Gasteiger partial charge >= 0.3 is 0 Å². The molecule has 0 radical (unpaired) electrons. The molecule has 4 fully saturated rings. The highest BCUT2D eigenvalue weighted by molar-refractivity contribution is 6.06. The van der Waals surface area contributed by atoms with Crippen molar-refractivity contribution in [3.8, 4) is 0 Å². The summed E-state index contributed by atoms with van der Waals surface area (Å²) in [4.78, 5) is 18.1. The highest BCUT2D eigenvalue weighted by Crippen LogP contribution is 2.66. The Labute approximate surface area is 256 Å². The van der Waals surface area contributed by atoms with Crippen LogP contribution in [-0.4, -0.2) is 51.7 Å². The number of fused-ring (bicyclic) bond motifs is 12. The second-order valence-electron chi connectivity index (χ2n) is 16.9. The molecule has 2 saturated carbocycles. The molecule has 2 N–H and O–H groups in total. The molecule has 2 aliphatic heterocycles. The summed E-state index contributed by atoms with van der Waals surface area (Å²) in [5, 5.41) is 10.8. The summed E-state index contributed by atoms with van der Waals surface area (Å²) in [6, 6.07) is 4.30. The molecule has 2 saturated heterocycles. The predicted molar refractivity (Wildman–Crippen MR) is 166 cm³/mol. The Hall–Kier alpha value is -1.73. The Balaban J connectivity index is 1.14. The number of aromatic nitrogens is 1. The van der Waals surface area contributed by atoms with E-state index in [1.807, 2.05) is 0 Å². The summed E-state index contributed by atoms with van der Waals surface area (Å²) in [5.74, 6) is 2.84. The largest absolute Gasteiger partial charge is 0.372 e. The average Bonchev–Trinajstić information content (AvgIpc) is 3.53. The maximum Gasteiger partial charge on any atom is 0.169 e. The third kappa shape index (κ3) is 3.88. The van der Waals surface area contributed by atoms with E-state index in [1.54, 1.807) is 0 Å². The van der Waals surface area contributed by atoms with E-state index in [2.05, 4.69) is 65.6 Å². The summed E-state index contributed by atoms with van der Waals surface area (Å²) in [6.07, 6.45) is 9.37. The van der Waals surface area contributed by atoms with Gasteiger partial charge in [0, 0.05) is 34.0 Å². The third-order valence-electron chi connectivity index (χ3n) is 13.7. The fraction of sp³-hybridized carbons (Fsp3) is 0.757. The number of ether oxygens (including phenoxy) is 3. The van der Waals surface area contributed by atoms with E-state index in [4.69, 9.17) is 14.2 Å². The van der Waals surface area contributed by atoms with E-state index < -0.39 is 11.2 Å². The Morgan fingerprint density at radius 2 is 1.74 bits per heavy atom. The summed E-state index contributed by atoms with van der Waals surface area (Å²) >= 11 is 0. The fourth-order valence-corrected chi connectivity index (χ4v) is 12.0. The van der Waals surface area contributed by atoms with Crippen molar-refractivity contribution in [3.05, 3.63) is 34.5 Å². The van der Waals surface area contributed by atoms with Gasteiger partial charge in [-0.3, -0.25) is 4.79 Å². The molecule has 1 aromatic carbocycles. The average molecular weight is 590 g/mol. The lowest BCUT2D eigenvalue weighted by molar-refractivity contribution is -0.227. The maximum absolute atomic E-state index is 14.1. The molecule has 1 aromatic heterocycles. The van der Waals surface area contributed by atoms with Crippen molar-refractivity contribution in [1.29, 1.82) is 0 Å². The van der Waals surface area contributed by atoms with Crippen LogP contribution < -0.4 is 0 Å². The number of hydrogen-bond acceptors (Lipinski definition) is 5. The van der Waals surface area contributed by atoms with E-state index in [9.17, 15) is 9.90 Å². The van der Waals surface area contributed by atoms with Crippen molar-refractivity contribution in [2.45, 2.75) is 135 Å². The Morgan fingerprint density at radius 1 is 0.953 bits per heavy atom. The molecule has 6 nitrogen and oxygen atoms in total. The second kappa shape index (κ2) is 9.18. The third-order valence-corrected chi connectivity index (χ3v) is 13.7. The monoisotopic (exact) mass is 589 g/mol. The number of rotatable bonds is 3. The first-order chi connectivity index (χ1) is 20.3. The molecule has 0 bridgehead atoms. The van der Waals surface area contributed by atoms with Gasteiger partial charge in [0.2, 0.25) is 0 Å². The number of Topliss-reactive ketones (excluding diaryl/α,β-unsaturated/α-hetero) is 1. The molecule has 2 aromatic rings. The van der Waals surface area contributed by atoms with Crippen molar-refractivity contribution < 1.29 is 24.1 Å². The lowest BCUT2D eigenvalue weighted by Gasteiger charge is -2.59. The van der Waals surface area contributed by atoms with Gasteiger partial charge in [-0.25, -0.2) is 0 Å². The van der Waals surface area contributed by atoms with Gasteiger partial charge in [0.25, 0.3) is 0 Å². The number of ketones is 1. The van der Waals surface area contributed by atoms with Crippen LogP contribution in [-0.2, 0) is 27.1 Å². The van der Waals surface area contributed by atoms with Crippen LogP contribution in [0.1, 0.15) is 120 Å². The maximum atomic E-state index is 14.1. The van der Waals surface area contributed by atoms with E-state index in [0.29, 0.717) is 23.7 Å². The molecule has 9 atom stereocenters. The molecule has 43 heavy (non-hydrogen) atoms. The predicted octanol–water partition coefficient (Wildman–Crippen LogP) is 7.10. The Kier molecular flexibility index (Phi) is 6.13. The van der Waals surface area contributed by atoms with Gasteiger partial charge < -0.3 is 24.3 Å². The first-order valence-corrected chi connectivity index (χ1v) is 17.1. The number of carbonyl (C=O) groups excluding carboxylic acids is 1. The summed E-state index contributed by atoms with van der Waals surface area (Å²) in [6.45, 7) is 15.0. The molecule has 6 aliphatic rings. The van der Waals surface area contributed by atoms with Crippen LogP contribution >= 0.6 is 0 Å². The van der Waals surface area contributed by atoms with E-state index in [0.717, 1.165) is 31.2 Å². The molecule has 7 unspecified atom stereocenters. The topological polar surface area (TPSA) is 80.8 Å². The minimum Gasteiger partial charge on any atom is -0.372 e. The van der Waals surface area contributed by atoms with Crippen molar-refractivity contribution in [3.63, 3.8) is 0 Å². The van der Waals surface area contributed by atoms with E-state index >= 15 is 0 Å². The number of hydrogen-bond donors (Lipinski definition) is 2. The molecule has 234 valence electrons. The van der Waals surface area contributed by atoms with Gasteiger partial charge in [-0.1, -0.05) is 6.92 Å². The quantitative estimate of drug-likeness (QED) is 0.373. The number of aromatic amines is 1. The van der Waals surface area contributed by atoms with Gasteiger partial charge in [0.15, 0.2) is 5.78 Å². The van der Waals surface area contributed by atoms with Crippen LogP contribution in [0.4, 0.5) is 0 Å². The van der Waals surface area contributed by atoms with Crippen molar-refractivity contribution in [2.24, 2.45) is 35.0 Å². The molecule has 6 heteroatoms. The summed E-state index contributed by atoms with van der Waals surface area (Å²) < 4.78 is 19.0. The first-order valence-electron chi connectivity index (χ1n) is 17.1.